The lowest BCUT2D eigenvalue weighted by Gasteiger charge is -2.14. The molecule has 2 aromatic rings. The first-order chi connectivity index (χ1) is 8.29. The van der Waals surface area contributed by atoms with Crippen LogP contribution in [-0.2, 0) is 0 Å². The lowest BCUT2D eigenvalue weighted by molar-refractivity contribution is 0.111. The molecule has 1 aliphatic rings. The summed E-state index contributed by atoms with van der Waals surface area (Å²) in [5.41, 5.74) is 1.33. The molecule has 88 valence electrons. The van der Waals surface area contributed by atoms with E-state index in [1.165, 1.54) is 0 Å². The maximum atomic E-state index is 11.2. The number of rotatable bonds is 2. The van der Waals surface area contributed by atoms with Gasteiger partial charge in [0.25, 0.3) is 0 Å². The number of imidazole rings is 1. The highest BCUT2D eigenvalue weighted by atomic mass is 35.5. The van der Waals surface area contributed by atoms with Gasteiger partial charge in [-0.1, -0.05) is 11.6 Å². The molecule has 0 spiro atoms. The summed E-state index contributed by atoms with van der Waals surface area (Å²) in [5.74, 6) is 0.778. The van der Waals surface area contributed by atoms with Crippen LogP contribution in [0.3, 0.4) is 0 Å². The van der Waals surface area contributed by atoms with Crippen molar-refractivity contribution >= 4 is 29.4 Å². The number of aldehydes is 1. The van der Waals surface area contributed by atoms with E-state index in [0.717, 1.165) is 43.7 Å². The van der Waals surface area contributed by atoms with E-state index in [4.69, 9.17) is 11.6 Å². The zero-order valence-electron chi connectivity index (χ0n) is 9.27. The van der Waals surface area contributed by atoms with Gasteiger partial charge < -0.3 is 4.90 Å². The molecule has 0 bridgehead atoms. The number of pyridine rings is 1. The average Bonchev–Trinajstić information content (AvgIpc) is 2.94. The van der Waals surface area contributed by atoms with Gasteiger partial charge in [0, 0.05) is 30.4 Å². The third-order valence-corrected chi connectivity index (χ3v) is 3.36. The minimum absolute atomic E-state index is 0.610. The Morgan fingerprint density at radius 3 is 2.82 bits per heavy atom. The normalized spacial score (nSPS) is 15.7. The fourth-order valence-corrected chi connectivity index (χ4v) is 2.45. The second kappa shape index (κ2) is 4.04. The van der Waals surface area contributed by atoms with Crippen molar-refractivity contribution in [2.75, 3.05) is 18.0 Å². The molecule has 0 aromatic carbocycles. The smallest absolute Gasteiger partial charge is 0.170 e. The predicted octanol–water partition coefficient (Wildman–Crippen LogP) is 2.40. The second-order valence-corrected chi connectivity index (χ2v) is 4.64. The van der Waals surface area contributed by atoms with Gasteiger partial charge >= 0.3 is 0 Å². The third kappa shape index (κ3) is 1.69. The van der Waals surface area contributed by atoms with Crippen LogP contribution in [0.1, 0.15) is 23.3 Å². The Bertz CT molecular complexity index is 572. The number of carbonyl (C=O) groups excluding carboxylic acids is 1. The van der Waals surface area contributed by atoms with Gasteiger partial charge in [-0.05, 0) is 18.9 Å². The molecule has 0 saturated carbocycles. The molecule has 1 saturated heterocycles. The number of nitrogens with zero attached hydrogens (tertiary/aromatic N) is 3. The van der Waals surface area contributed by atoms with Crippen molar-refractivity contribution < 1.29 is 4.79 Å². The summed E-state index contributed by atoms with van der Waals surface area (Å²) in [5, 5.41) is 0.632. The van der Waals surface area contributed by atoms with E-state index in [1.54, 1.807) is 22.7 Å². The molecular formula is C12H12ClN3O. The minimum Gasteiger partial charge on any atom is -0.355 e. The maximum Gasteiger partial charge on any atom is 0.170 e. The topological polar surface area (TPSA) is 37.6 Å². The van der Waals surface area contributed by atoms with E-state index in [-0.39, 0.29) is 0 Å². The zero-order valence-corrected chi connectivity index (χ0v) is 10.0. The summed E-state index contributed by atoms with van der Waals surface area (Å²) in [6, 6.07) is 3.53. The van der Waals surface area contributed by atoms with E-state index in [2.05, 4.69) is 9.88 Å². The van der Waals surface area contributed by atoms with Gasteiger partial charge in [-0.25, -0.2) is 4.98 Å². The monoisotopic (exact) mass is 249 g/mol. The van der Waals surface area contributed by atoms with Crippen molar-refractivity contribution in [3.05, 3.63) is 29.0 Å². The fourth-order valence-electron chi connectivity index (χ4n) is 2.30. The minimum atomic E-state index is 0.610. The summed E-state index contributed by atoms with van der Waals surface area (Å²) in [7, 11) is 0. The summed E-state index contributed by atoms with van der Waals surface area (Å²) >= 11 is 5.93. The molecule has 2 aromatic heterocycles. The van der Waals surface area contributed by atoms with E-state index in [0.29, 0.717) is 10.7 Å². The number of carbonyl (C=O) groups is 1. The number of aromatic nitrogens is 2. The molecule has 5 heteroatoms. The Labute approximate surface area is 104 Å². The molecule has 3 rings (SSSR count). The number of hydrogen-bond donors (Lipinski definition) is 0. The standard InChI is InChI=1S/C12H12ClN3O/c13-9-3-6-16-10(8-17)12(14-11(16)7-9)15-4-1-2-5-15/h3,6-8H,1-2,4-5H2. The van der Waals surface area contributed by atoms with Crippen molar-refractivity contribution in [1.29, 1.82) is 0 Å². The van der Waals surface area contributed by atoms with Crippen LogP contribution in [-0.4, -0.2) is 28.8 Å². The second-order valence-electron chi connectivity index (χ2n) is 4.21. The Hall–Kier alpha value is -1.55. The van der Waals surface area contributed by atoms with Gasteiger partial charge in [0.2, 0.25) is 0 Å². The highest BCUT2D eigenvalue weighted by Gasteiger charge is 2.20. The SMILES string of the molecule is O=Cc1c(N2CCCC2)nc2cc(Cl)ccn12. The van der Waals surface area contributed by atoms with Crippen molar-refractivity contribution in [2.45, 2.75) is 12.8 Å². The van der Waals surface area contributed by atoms with Crippen molar-refractivity contribution in [3.63, 3.8) is 0 Å². The van der Waals surface area contributed by atoms with Gasteiger partial charge in [0.1, 0.15) is 11.3 Å². The maximum absolute atomic E-state index is 11.2. The van der Waals surface area contributed by atoms with Crippen LogP contribution in [0.15, 0.2) is 18.3 Å². The van der Waals surface area contributed by atoms with Crippen LogP contribution in [0.5, 0.6) is 0 Å². The van der Waals surface area contributed by atoms with Crippen molar-refractivity contribution in [1.82, 2.24) is 9.38 Å². The Balaban J connectivity index is 2.19. The van der Waals surface area contributed by atoms with Gasteiger partial charge in [-0.3, -0.25) is 9.20 Å². The Morgan fingerprint density at radius 2 is 2.12 bits per heavy atom. The fraction of sp³-hybridized carbons (Fsp3) is 0.333. The molecule has 17 heavy (non-hydrogen) atoms. The highest BCUT2D eigenvalue weighted by Crippen LogP contribution is 2.25. The Kier molecular flexibility index (Phi) is 2.52. The first-order valence-corrected chi connectivity index (χ1v) is 6.05. The quantitative estimate of drug-likeness (QED) is 0.767. The molecule has 0 radical (unpaired) electrons. The summed E-state index contributed by atoms with van der Waals surface area (Å²) in [4.78, 5) is 17.9. The Morgan fingerprint density at radius 1 is 1.35 bits per heavy atom. The van der Waals surface area contributed by atoms with Gasteiger partial charge in [-0.15, -0.1) is 0 Å². The first kappa shape index (κ1) is 10.6. The summed E-state index contributed by atoms with van der Waals surface area (Å²) in [6.45, 7) is 1.94. The number of fused-ring (bicyclic) bond motifs is 1. The molecule has 3 heterocycles. The lowest BCUT2D eigenvalue weighted by Crippen LogP contribution is -2.19. The molecule has 0 atom stereocenters. The van der Waals surface area contributed by atoms with Gasteiger partial charge in [0.05, 0.1) is 0 Å². The van der Waals surface area contributed by atoms with Crippen LogP contribution >= 0.6 is 11.6 Å². The molecule has 0 unspecified atom stereocenters. The largest absolute Gasteiger partial charge is 0.355 e. The predicted molar refractivity (Wildman–Crippen MR) is 67.0 cm³/mol. The molecule has 0 N–H and O–H groups in total. The van der Waals surface area contributed by atoms with E-state index in [9.17, 15) is 4.79 Å². The molecule has 4 nitrogen and oxygen atoms in total. The molecule has 1 fully saturated rings. The van der Waals surface area contributed by atoms with Crippen LogP contribution in [0, 0.1) is 0 Å². The van der Waals surface area contributed by atoms with Crippen molar-refractivity contribution in [2.24, 2.45) is 0 Å². The van der Waals surface area contributed by atoms with Gasteiger partial charge in [0.15, 0.2) is 12.1 Å². The molecule has 0 amide bonds. The average molecular weight is 250 g/mol. The lowest BCUT2D eigenvalue weighted by atomic mass is 10.4. The number of anilines is 1. The first-order valence-electron chi connectivity index (χ1n) is 5.67. The van der Waals surface area contributed by atoms with Gasteiger partial charge in [-0.2, -0.15) is 0 Å². The van der Waals surface area contributed by atoms with Crippen LogP contribution < -0.4 is 4.90 Å². The van der Waals surface area contributed by atoms with E-state index < -0.39 is 0 Å². The number of hydrogen-bond acceptors (Lipinski definition) is 3. The molecule has 1 aliphatic heterocycles. The third-order valence-electron chi connectivity index (χ3n) is 3.12. The molecular weight excluding hydrogens is 238 g/mol. The van der Waals surface area contributed by atoms with Crippen LogP contribution in [0.2, 0.25) is 5.02 Å². The van der Waals surface area contributed by atoms with Crippen LogP contribution in [0.25, 0.3) is 5.65 Å². The summed E-state index contributed by atoms with van der Waals surface area (Å²) in [6.07, 6.45) is 4.97. The molecule has 0 aliphatic carbocycles. The van der Waals surface area contributed by atoms with Crippen LogP contribution in [0.4, 0.5) is 5.82 Å². The highest BCUT2D eigenvalue weighted by molar-refractivity contribution is 6.30. The van der Waals surface area contributed by atoms with Crippen molar-refractivity contribution in [3.8, 4) is 0 Å². The summed E-state index contributed by atoms with van der Waals surface area (Å²) < 4.78 is 1.78. The van der Waals surface area contributed by atoms with E-state index in [1.807, 2.05) is 0 Å². The number of halogens is 1. The van der Waals surface area contributed by atoms with E-state index >= 15 is 0 Å². The zero-order chi connectivity index (χ0) is 11.8.